The fourth-order valence-corrected chi connectivity index (χ4v) is 5.83. The first-order chi connectivity index (χ1) is 21.4. The second-order valence-corrected chi connectivity index (χ2v) is 10.9. The summed E-state index contributed by atoms with van der Waals surface area (Å²) in [6, 6.07) is 9.75. The number of carbonyl (C=O) groups excluding carboxylic acids is 1. The number of methoxy groups -OCH3 is 2. The Bertz CT molecular complexity index is 1640. The predicted octanol–water partition coefficient (Wildman–Crippen LogP) is 5.00. The van der Waals surface area contributed by atoms with Gasteiger partial charge in [-0.3, -0.25) is 4.68 Å². The van der Waals surface area contributed by atoms with E-state index >= 15 is 4.39 Å². The summed E-state index contributed by atoms with van der Waals surface area (Å²) in [5.74, 6) is -0.178. The topological polar surface area (TPSA) is 124 Å². The van der Waals surface area contributed by atoms with Gasteiger partial charge in [0.15, 0.2) is 0 Å². The molecule has 11 nitrogen and oxygen atoms in total. The highest BCUT2D eigenvalue weighted by molar-refractivity contribution is 5.97. The minimum Gasteiger partial charge on any atom is -0.496 e. The molecule has 2 N–H and O–H groups in total. The number of β-amino-alcohol motifs (C(OH)–C–C–N with tert-alkyl or cyclic N) is 1. The Hall–Kier alpha value is -4.55. The lowest BCUT2D eigenvalue weighted by molar-refractivity contribution is 0.0601. The molecule has 4 aromatic rings. The molecule has 0 bridgehead atoms. The second kappa shape index (κ2) is 13.0. The molecule has 230 valence electrons. The quantitative estimate of drug-likeness (QED) is 0.266. The predicted molar refractivity (Wildman–Crippen MR) is 163 cm³/mol. The lowest BCUT2D eigenvalue weighted by Crippen LogP contribution is -2.38. The Balaban J connectivity index is 1.37. The van der Waals surface area contributed by atoms with Crippen molar-refractivity contribution in [1.82, 2.24) is 19.7 Å². The summed E-state index contributed by atoms with van der Waals surface area (Å²) in [5, 5.41) is 18.4. The lowest BCUT2D eigenvalue weighted by Gasteiger charge is -2.33. The van der Waals surface area contributed by atoms with Crippen LogP contribution in [0.4, 0.5) is 21.7 Å². The van der Waals surface area contributed by atoms with E-state index in [-0.39, 0.29) is 28.6 Å². The van der Waals surface area contributed by atoms with E-state index in [2.05, 4.69) is 25.3 Å². The molecule has 2 aliphatic rings. The molecule has 0 unspecified atom stereocenters. The molecular weight excluding hydrogens is 567 g/mol. The summed E-state index contributed by atoms with van der Waals surface area (Å²) in [5.41, 5.74) is 2.94. The van der Waals surface area contributed by atoms with Gasteiger partial charge < -0.3 is 29.5 Å². The Kier molecular flexibility index (Phi) is 8.71. The Labute approximate surface area is 254 Å². The van der Waals surface area contributed by atoms with Crippen molar-refractivity contribution in [3.05, 3.63) is 66.4 Å². The van der Waals surface area contributed by atoms with Crippen molar-refractivity contribution in [2.45, 2.75) is 37.8 Å². The van der Waals surface area contributed by atoms with Crippen molar-refractivity contribution < 1.29 is 28.5 Å². The zero-order chi connectivity index (χ0) is 30.6. The van der Waals surface area contributed by atoms with Gasteiger partial charge in [0.2, 0.25) is 0 Å². The molecule has 2 aliphatic heterocycles. The molecule has 5 heterocycles. The van der Waals surface area contributed by atoms with E-state index in [1.807, 2.05) is 23.1 Å². The third-order valence-corrected chi connectivity index (χ3v) is 8.09. The minimum absolute atomic E-state index is 0.0480. The van der Waals surface area contributed by atoms with Crippen LogP contribution in [0.15, 0.2) is 55.0 Å². The fourth-order valence-electron chi connectivity index (χ4n) is 5.83. The van der Waals surface area contributed by atoms with E-state index < -0.39 is 17.9 Å². The lowest BCUT2D eigenvalue weighted by atomic mass is 10.0. The van der Waals surface area contributed by atoms with E-state index in [1.54, 1.807) is 18.3 Å². The van der Waals surface area contributed by atoms with Gasteiger partial charge in [0, 0.05) is 55.9 Å². The van der Waals surface area contributed by atoms with Crippen LogP contribution < -0.4 is 15.0 Å². The number of rotatable bonds is 8. The van der Waals surface area contributed by atoms with Gasteiger partial charge in [-0.25, -0.2) is 19.2 Å². The van der Waals surface area contributed by atoms with Crippen LogP contribution in [0.2, 0.25) is 0 Å². The zero-order valence-electron chi connectivity index (χ0n) is 24.7. The second-order valence-electron chi connectivity index (χ2n) is 10.9. The molecule has 2 fully saturated rings. The highest BCUT2D eigenvalue weighted by Gasteiger charge is 2.25. The van der Waals surface area contributed by atoms with Crippen molar-refractivity contribution in [2.24, 2.45) is 0 Å². The first-order valence-corrected chi connectivity index (χ1v) is 14.7. The summed E-state index contributed by atoms with van der Waals surface area (Å²) >= 11 is 0. The zero-order valence-corrected chi connectivity index (χ0v) is 24.7. The number of nitrogens with zero attached hydrogens (tertiary/aromatic N) is 5. The summed E-state index contributed by atoms with van der Waals surface area (Å²) in [4.78, 5) is 24.1. The summed E-state index contributed by atoms with van der Waals surface area (Å²) < 4.78 is 33.0. The minimum atomic E-state index is -0.654. The number of benzene rings is 1. The van der Waals surface area contributed by atoms with Gasteiger partial charge in [0.1, 0.15) is 23.2 Å². The number of aromatic nitrogens is 4. The van der Waals surface area contributed by atoms with Crippen molar-refractivity contribution in [1.29, 1.82) is 0 Å². The van der Waals surface area contributed by atoms with Crippen LogP contribution in [-0.4, -0.2) is 77.5 Å². The number of esters is 1. The molecule has 0 aliphatic carbocycles. The summed E-state index contributed by atoms with van der Waals surface area (Å²) in [7, 11) is 2.69. The summed E-state index contributed by atoms with van der Waals surface area (Å²) in [6.45, 7) is 2.72. The number of ether oxygens (including phenoxy) is 3. The van der Waals surface area contributed by atoms with Crippen LogP contribution in [0.5, 0.6) is 5.75 Å². The van der Waals surface area contributed by atoms with E-state index in [4.69, 9.17) is 14.2 Å². The van der Waals surface area contributed by atoms with Gasteiger partial charge >= 0.3 is 5.97 Å². The first-order valence-electron chi connectivity index (χ1n) is 14.7. The highest BCUT2D eigenvalue weighted by Crippen LogP contribution is 2.37. The van der Waals surface area contributed by atoms with E-state index in [0.29, 0.717) is 18.2 Å². The largest absolute Gasteiger partial charge is 0.496 e. The molecular formula is C32H35FN6O5. The SMILES string of the molecule is COC(=O)c1ccc(Nc2cc(N3CCC[C@H](O)C3)c(-c3cnn(C4CCOCC4)c3)cn2)nc1-c1c(F)cccc1OC. The molecule has 1 atom stereocenters. The molecule has 0 radical (unpaired) electrons. The van der Waals surface area contributed by atoms with Crippen LogP contribution in [0.3, 0.4) is 0 Å². The molecule has 2 saturated heterocycles. The number of halogens is 1. The van der Waals surface area contributed by atoms with Crippen molar-refractivity contribution in [3.63, 3.8) is 0 Å². The van der Waals surface area contributed by atoms with Crippen molar-refractivity contribution in [3.8, 4) is 28.1 Å². The van der Waals surface area contributed by atoms with Gasteiger partial charge in [-0.15, -0.1) is 0 Å². The number of hydrogen-bond donors (Lipinski definition) is 2. The number of aliphatic hydroxyl groups excluding tert-OH is 1. The smallest absolute Gasteiger partial charge is 0.340 e. The Morgan fingerprint density at radius 1 is 1.11 bits per heavy atom. The maximum atomic E-state index is 15.1. The number of hydrogen-bond acceptors (Lipinski definition) is 10. The molecule has 0 saturated carbocycles. The van der Waals surface area contributed by atoms with Crippen LogP contribution in [0.1, 0.15) is 42.1 Å². The molecule has 0 amide bonds. The number of carbonyl (C=O) groups is 1. The monoisotopic (exact) mass is 602 g/mol. The highest BCUT2D eigenvalue weighted by atomic mass is 19.1. The Morgan fingerprint density at radius 2 is 1.95 bits per heavy atom. The van der Waals surface area contributed by atoms with Crippen LogP contribution >= 0.6 is 0 Å². The van der Waals surface area contributed by atoms with Gasteiger partial charge in [-0.05, 0) is 49.9 Å². The number of anilines is 3. The average Bonchev–Trinajstić information content (AvgIpc) is 3.55. The van der Waals surface area contributed by atoms with E-state index in [1.165, 1.54) is 32.4 Å². The van der Waals surface area contributed by atoms with E-state index in [0.717, 1.165) is 62.3 Å². The van der Waals surface area contributed by atoms with Gasteiger partial charge in [-0.1, -0.05) is 6.07 Å². The standard InChI is InChI=1S/C32H35FN6O5/c1-42-27-7-3-6-25(33)30(27)31-23(32(41)43-2)8-9-28(37-31)36-29-15-26(38-12-4-5-22(40)19-38)24(17-34-29)20-16-35-39(18-20)21-10-13-44-14-11-21/h3,6-9,15-18,21-22,40H,4-5,10-14,19H2,1-2H3,(H,34,36,37)/t22-/m0/s1. The number of aliphatic hydroxyl groups is 1. The molecule has 3 aromatic heterocycles. The maximum absolute atomic E-state index is 15.1. The molecule has 12 heteroatoms. The van der Waals surface area contributed by atoms with Crippen LogP contribution in [0, 0.1) is 5.82 Å². The third kappa shape index (κ3) is 6.08. The molecule has 1 aromatic carbocycles. The number of piperidine rings is 1. The number of nitrogens with one attached hydrogen (secondary N) is 1. The third-order valence-electron chi connectivity index (χ3n) is 8.09. The van der Waals surface area contributed by atoms with Gasteiger partial charge in [0.25, 0.3) is 0 Å². The number of pyridine rings is 2. The molecule has 44 heavy (non-hydrogen) atoms. The molecule has 0 spiro atoms. The van der Waals surface area contributed by atoms with Crippen molar-refractivity contribution >= 4 is 23.3 Å². The average molecular weight is 603 g/mol. The van der Waals surface area contributed by atoms with Crippen LogP contribution in [-0.2, 0) is 9.47 Å². The first kappa shape index (κ1) is 29.5. The van der Waals surface area contributed by atoms with E-state index in [9.17, 15) is 9.90 Å². The van der Waals surface area contributed by atoms with Gasteiger partial charge in [-0.2, -0.15) is 5.10 Å². The maximum Gasteiger partial charge on any atom is 0.340 e. The van der Waals surface area contributed by atoms with Crippen molar-refractivity contribution in [2.75, 3.05) is 50.7 Å². The fraction of sp³-hybridized carbons (Fsp3) is 0.375. The normalized spacial score (nSPS) is 17.4. The Morgan fingerprint density at radius 3 is 2.73 bits per heavy atom. The summed E-state index contributed by atoms with van der Waals surface area (Å²) in [6.07, 6.45) is 8.69. The molecule has 6 rings (SSSR count). The van der Waals surface area contributed by atoms with Crippen LogP contribution in [0.25, 0.3) is 22.4 Å². The van der Waals surface area contributed by atoms with Gasteiger partial charge in [0.05, 0.1) is 55.1 Å².